The molecular formula is C32H37N5O6. The quantitative estimate of drug-likeness (QED) is 0.143. The average molecular weight is 588 g/mol. The van der Waals surface area contributed by atoms with E-state index in [2.05, 4.69) is 16.0 Å². The van der Waals surface area contributed by atoms with Gasteiger partial charge in [-0.15, -0.1) is 0 Å². The van der Waals surface area contributed by atoms with Gasteiger partial charge in [0.15, 0.2) is 0 Å². The van der Waals surface area contributed by atoms with E-state index in [9.17, 15) is 29.1 Å². The first-order valence-corrected chi connectivity index (χ1v) is 13.9. The highest BCUT2D eigenvalue weighted by atomic mass is 16.4. The van der Waals surface area contributed by atoms with Crippen LogP contribution in [0.5, 0.6) is 0 Å². The highest BCUT2D eigenvalue weighted by molar-refractivity contribution is 5.94. The largest absolute Gasteiger partial charge is 0.480 e. The van der Waals surface area contributed by atoms with E-state index in [4.69, 9.17) is 11.5 Å². The van der Waals surface area contributed by atoms with Gasteiger partial charge in [0.25, 0.3) is 0 Å². The van der Waals surface area contributed by atoms with Crippen molar-refractivity contribution in [2.75, 3.05) is 0 Å². The number of carboxylic acid groups (broad SMARTS) is 1. The minimum Gasteiger partial charge on any atom is -0.480 e. The van der Waals surface area contributed by atoms with Crippen LogP contribution < -0.4 is 27.4 Å². The first-order valence-electron chi connectivity index (χ1n) is 13.9. The first-order chi connectivity index (χ1) is 20.6. The average Bonchev–Trinajstić information content (AvgIpc) is 2.99. The van der Waals surface area contributed by atoms with Crippen LogP contribution in [-0.2, 0) is 43.2 Å². The lowest BCUT2D eigenvalue weighted by molar-refractivity contribution is -0.142. The molecule has 0 heterocycles. The second-order valence-electron chi connectivity index (χ2n) is 10.2. The lowest BCUT2D eigenvalue weighted by Crippen LogP contribution is -2.58. The third kappa shape index (κ3) is 11.0. The number of primary amides is 1. The normalized spacial score (nSPS) is 13.5. The van der Waals surface area contributed by atoms with Crippen molar-refractivity contribution >= 4 is 29.6 Å². The molecule has 8 N–H and O–H groups in total. The number of hydrogen-bond donors (Lipinski definition) is 6. The van der Waals surface area contributed by atoms with Gasteiger partial charge in [-0.05, 0) is 29.5 Å². The number of nitrogens with one attached hydrogen (secondary N) is 3. The Balaban J connectivity index is 1.81. The van der Waals surface area contributed by atoms with Crippen molar-refractivity contribution in [3.63, 3.8) is 0 Å². The monoisotopic (exact) mass is 587 g/mol. The molecule has 0 aliphatic heterocycles. The van der Waals surface area contributed by atoms with Crippen molar-refractivity contribution in [1.29, 1.82) is 0 Å². The van der Waals surface area contributed by atoms with Gasteiger partial charge in [0.2, 0.25) is 23.6 Å². The maximum Gasteiger partial charge on any atom is 0.326 e. The number of rotatable bonds is 16. The smallest absolute Gasteiger partial charge is 0.326 e. The second kappa shape index (κ2) is 16.4. The third-order valence-electron chi connectivity index (χ3n) is 6.76. The van der Waals surface area contributed by atoms with E-state index >= 15 is 0 Å². The van der Waals surface area contributed by atoms with Crippen LogP contribution in [0.2, 0.25) is 0 Å². The number of benzene rings is 3. The summed E-state index contributed by atoms with van der Waals surface area (Å²) in [6.45, 7) is 0. The molecule has 11 nitrogen and oxygen atoms in total. The van der Waals surface area contributed by atoms with Gasteiger partial charge in [-0.25, -0.2) is 4.79 Å². The van der Waals surface area contributed by atoms with Crippen LogP contribution in [0.3, 0.4) is 0 Å². The van der Waals surface area contributed by atoms with E-state index in [0.717, 1.165) is 11.1 Å². The Hall–Kier alpha value is -5.03. The molecule has 0 aromatic heterocycles. The van der Waals surface area contributed by atoms with E-state index in [1.807, 2.05) is 36.4 Å². The number of hydrogen-bond acceptors (Lipinski definition) is 6. The first kappa shape index (κ1) is 32.5. The molecule has 11 heteroatoms. The summed E-state index contributed by atoms with van der Waals surface area (Å²) < 4.78 is 0. The molecule has 43 heavy (non-hydrogen) atoms. The van der Waals surface area contributed by atoms with E-state index in [1.165, 1.54) is 0 Å². The molecule has 0 aliphatic carbocycles. The van der Waals surface area contributed by atoms with E-state index in [1.54, 1.807) is 54.6 Å². The Kier molecular flexibility index (Phi) is 12.4. The molecule has 0 saturated carbocycles. The zero-order chi connectivity index (χ0) is 31.2. The molecule has 0 saturated heterocycles. The van der Waals surface area contributed by atoms with Gasteiger partial charge in [-0.1, -0.05) is 91.0 Å². The molecule has 4 amide bonds. The molecule has 0 fully saturated rings. The molecule has 3 aromatic carbocycles. The van der Waals surface area contributed by atoms with E-state index in [-0.39, 0.29) is 32.1 Å². The van der Waals surface area contributed by atoms with Crippen molar-refractivity contribution in [2.24, 2.45) is 11.5 Å². The fourth-order valence-corrected chi connectivity index (χ4v) is 4.45. The van der Waals surface area contributed by atoms with Gasteiger partial charge in [0.1, 0.15) is 18.1 Å². The Morgan fingerprint density at radius 2 is 0.953 bits per heavy atom. The van der Waals surface area contributed by atoms with E-state index < -0.39 is 53.8 Å². The zero-order valence-corrected chi connectivity index (χ0v) is 23.6. The molecule has 0 spiro atoms. The number of aliphatic carboxylic acids is 1. The summed E-state index contributed by atoms with van der Waals surface area (Å²) in [6.07, 6.45) is -0.0460. The number of amides is 4. The molecule has 4 atom stereocenters. The Morgan fingerprint density at radius 3 is 1.35 bits per heavy atom. The zero-order valence-electron chi connectivity index (χ0n) is 23.6. The van der Waals surface area contributed by atoms with Crippen LogP contribution in [0.4, 0.5) is 0 Å². The number of nitrogens with two attached hydrogens (primary N) is 2. The standard InChI is InChI=1S/C32H37N5O6/c33-24(18-21-10-4-1-5-11-21)29(39)36-26(19-22-12-6-2-7-13-22)31(41)37-27(20-23-14-8-3-9-15-23)30(40)35-25(32(42)43)16-17-28(34)38/h1-15,24-27H,16-20,33H2,(H2,34,38)(H,35,40)(H,36,39)(H,37,41)(H,42,43). The highest BCUT2D eigenvalue weighted by Gasteiger charge is 2.31. The van der Waals surface area contributed by atoms with Gasteiger partial charge in [-0.2, -0.15) is 0 Å². The summed E-state index contributed by atoms with van der Waals surface area (Å²) in [5, 5.41) is 17.4. The fraction of sp³-hybridized carbons (Fsp3) is 0.281. The molecule has 0 radical (unpaired) electrons. The molecule has 4 unspecified atom stereocenters. The van der Waals surface area contributed by atoms with Crippen molar-refractivity contribution in [2.45, 2.75) is 56.3 Å². The molecule has 226 valence electrons. The summed E-state index contributed by atoms with van der Waals surface area (Å²) in [5.74, 6) is -4.01. The van der Waals surface area contributed by atoms with Crippen LogP contribution in [0.1, 0.15) is 29.5 Å². The highest BCUT2D eigenvalue weighted by Crippen LogP contribution is 2.09. The van der Waals surface area contributed by atoms with Crippen molar-refractivity contribution in [3.8, 4) is 0 Å². The second-order valence-corrected chi connectivity index (χ2v) is 10.2. The summed E-state index contributed by atoms with van der Waals surface area (Å²) in [4.78, 5) is 63.1. The number of carboxylic acids is 1. The summed E-state index contributed by atoms with van der Waals surface area (Å²) in [6, 6.07) is 22.5. The third-order valence-corrected chi connectivity index (χ3v) is 6.76. The van der Waals surface area contributed by atoms with Crippen molar-refractivity contribution in [3.05, 3.63) is 108 Å². The van der Waals surface area contributed by atoms with Gasteiger partial charge >= 0.3 is 5.97 Å². The van der Waals surface area contributed by atoms with Gasteiger partial charge in [-0.3, -0.25) is 19.2 Å². The minimum atomic E-state index is -1.40. The Bertz CT molecular complexity index is 1370. The van der Waals surface area contributed by atoms with Crippen LogP contribution in [0, 0.1) is 0 Å². The van der Waals surface area contributed by atoms with Gasteiger partial charge in [0.05, 0.1) is 6.04 Å². The topological polar surface area (TPSA) is 194 Å². The van der Waals surface area contributed by atoms with Gasteiger partial charge in [0, 0.05) is 19.3 Å². The van der Waals surface area contributed by atoms with Crippen molar-refractivity contribution < 1.29 is 29.1 Å². The molecule has 0 aliphatic rings. The van der Waals surface area contributed by atoms with Gasteiger partial charge < -0.3 is 32.5 Å². The maximum atomic E-state index is 13.7. The summed E-state index contributed by atoms with van der Waals surface area (Å²) >= 11 is 0. The molecule has 3 rings (SSSR count). The fourth-order valence-electron chi connectivity index (χ4n) is 4.45. The molecular weight excluding hydrogens is 550 g/mol. The lowest BCUT2D eigenvalue weighted by Gasteiger charge is -2.25. The Morgan fingerprint density at radius 1 is 0.581 bits per heavy atom. The van der Waals surface area contributed by atoms with E-state index in [0.29, 0.717) is 5.56 Å². The summed E-state index contributed by atoms with van der Waals surface area (Å²) in [7, 11) is 0. The molecule has 3 aromatic rings. The van der Waals surface area contributed by atoms with Crippen LogP contribution in [0.15, 0.2) is 91.0 Å². The summed E-state index contributed by atoms with van der Waals surface area (Å²) in [5.41, 5.74) is 13.7. The Labute approximate surface area is 250 Å². The van der Waals surface area contributed by atoms with Crippen LogP contribution >= 0.6 is 0 Å². The predicted molar refractivity (Wildman–Crippen MR) is 160 cm³/mol. The maximum absolute atomic E-state index is 13.7. The number of carbonyl (C=O) groups is 5. The van der Waals surface area contributed by atoms with Crippen LogP contribution in [0.25, 0.3) is 0 Å². The predicted octanol–water partition coefficient (Wildman–Crippen LogP) is 0.846. The van der Waals surface area contributed by atoms with Crippen molar-refractivity contribution in [1.82, 2.24) is 16.0 Å². The number of carbonyl (C=O) groups excluding carboxylic acids is 4. The lowest BCUT2D eigenvalue weighted by atomic mass is 10.0. The van der Waals surface area contributed by atoms with Crippen LogP contribution in [-0.4, -0.2) is 58.9 Å². The SMILES string of the molecule is NC(=O)CCC(NC(=O)C(Cc1ccccc1)NC(=O)C(Cc1ccccc1)NC(=O)C(N)Cc1ccccc1)C(=O)O. The molecule has 0 bridgehead atoms. The minimum absolute atomic E-state index is 0.0418.